The summed E-state index contributed by atoms with van der Waals surface area (Å²) in [4.78, 5) is 15.9. The average Bonchev–Trinajstić information content (AvgIpc) is 2.52. The highest BCUT2D eigenvalue weighted by Crippen LogP contribution is 2.10. The predicted molar refractivity (Wildman–Crippen MR) is 77.8 cm³/mol. The number of aliphatic imine (C=N–C) groups is 1. The molecule has 0 atom stereocenters. The molecule has 3 N–H and O–H groups in total. The summed E-state index contributed by atoms with van der Waals surface area (Å²) in [5.74, 6) is 1.45. The van der Waals surface area contributed by atoms with Crippen LogP contribution in [0.2, 0.25) is 0 Å². The normalized spacial score (nSPS) is 13.9. The first-order chi connectivity index (χ1) is 9.78. The number of hydrogen-bond acceptors (Lipinski definition) is 5. The summed E-state index contributed by atoms with van der Waals surface area (Å²) in [5, 5.41) is 8.94. The van der Waals surface area contributed by atoms with E-state index in [2.05, 4.69) is 20.9 Å². The van der Waals surface area contributed by atoms with Crippen molar-refractivity contribution in [3.8, 4) is 5.75 Å². The summed E-state index contributed by atoms with van der Waals surface area (Å²) in [7, 11) is 1.63. The molecule has 1 amide bonds. The number of amides is 1. The smallest absolute Gasteiger partial charge is 0.239 e. The van der Waals surface area contributed by atoms with Gasteiger partial charge in [0.2, 0.25) is 5.91 Å². The van der Waals surface area contributed by atoms with Crippen LogP contribution in [0.5, 0.6) is 5.75 Å². The second-order valence-electron chi connectivity index (χ2n) is 4.49. The summed E-state index contributed by atoms with van der Waals surface area (Å²) in [6.45, 7) is 2.44. The van der Waals surface area contributed by atoms with Crippen LogP contribution >= 0.6 is 0 Å². The van der Waals surface area contributed by atoms with Gasteiger partial charge >= 0.3 is 0 Å². The van der Waals surface area contributed by atoms with E-state index in [1.54, 1.807) is 7.11 Å². The number of nitrogens with one attached hydrogen (secondary N) is 3. The first kappa shape index (κ1) is 14.2. The monoisotopic (exact) mass is 276 g/mol. The molecule has 1 aliphatic rings. The minimum atomic E-state index is -0.0594. The maximum Gasteiger partial charge on any atom is 0.239 e. The Balaban J connectivity index is 1.70. The summed E-state index contributed by atoms with van der Waals surface area (Å²) in [6, 6.07) is 7.61. The van der Waals surface area contributed by atoms with Crippen molar-refractivity contribution in [3.05, 3.63) is 29.8 Å². The van der Waals surface area contributed by atoms with Gasteiger partial charge in [-0.1, -0.05) is 12.1 Å². The predicted octanol–water partition coefficient (Wildman–Crippen LogP) is 0.250. The van der Waals surface area contributed by atoms with Crippen molar-refractivity contribution < 1.29 is 9.53 Å². The quantitative estimate of drug-likeness (QED) is 0.721. The first-order valence-corrected chi connectivity index (χ1v) is 6.70. The Kier molecular flexibility index (Phi) is 5.23. The van der Waals surface area contributed by atoms with Crippen LogP contribution in [0.15, 0.2) is 29.3 Å². The number of hydrogen-bond donors (Lipinski definition) is 3. The van der Waals surface area contributed by atoms with E-state index < -0.39 is 0 Å². The van der Waals surface area contributed by atoms with E-state index in [9.17, 15) is 4.79 Å². The Morgan fingerprint density at radius 1 is 1.40 bits per heavy atom. The van der Waals surface area contributed by atoms with Gasteiger partial charge in [0.1, 0.15) is 5.75 Å². The molecule has 0 aliphatic carbocycles. The number of rotatable bonds is 5. The Bertz CT molecular complexity index is 471. The van der Waals surface area contributed by atoms with Crippen LogP contribution in [-0.2, 0) is 11.3 Å². The fourth-order valence-corrected chi connectivity index (χ4v) is 1.82. The molecule has 108 valence electrons. The van der Waals surface area contributed by atoms with Crippen LogP contribution in [-0.4, -0.2) is 38.6 Å². The van der Waals surface area contributed by atoms with E-state index in [-0.39, 0.29) is 12.5 Å². The molecule has 0 fully saturated rings. The molecule has 0 saturated heterocycles. The maximum atomic E-state index is 11.7. The maximum absolute atomic E-state index is 11.7. The van der Waals surface area contributed by atoms with Crippen LogP contribution in [0, 0.1) is 0 Å². The molecule has 0 aromatic heterocycles. The third-order valence-electron chi connectivity index (χ3n) is 2.96. The molecule has 0 unspecified atom stereocenters. The topological polar surface area (TPSA) is 74.8 Å². The van der Waals surface area contributed by atoms with Crippen LogP contribution < -0.4 is 20.7 Å². The van der Waals surface area contributed by atoms with Gasteiger partial charge in [0.25, 0.3) is 0 Å². The Morgan fingerprint density at radius 3 is 2.85 bits per heavy atom. The number of methoxy groups -OCH3 is 1. The molecule has 1 aromatic carbocycles. The van der Waals surface area contributed by atoms with Crippen molar-refractivity contribution in [2.45, 2.75) is 13.0 Å². The molecule has 6 nitrogen and oxygen atoms in total. The minimum absolute atomic E-state index is 0.0594. The van der Waals surface area contributed by atoms with E-state index in [1.807, 2.05) is 24.3 Å². The number of carbonyl (C=O) groups excluding carboxylic acids is 1. The molecule has 2 rings (SSSR count). The van der Waals surface area contributed by atoms with E-state index in [0.717, 1.165) is 30.8 Å². The lowest BCUT2D eigenvalue weighted by molar-refractivity contribution is -0.120. The first-order valence-electron chi connectivity index (χ1n) is 6.70. The van der Waals surface area contributed by atoms with E-state index in [1.165, 1.54) is 0 Å². The molecule has 1 aliphatic heterocycles. The lowest BCUT2D eigenvalue weighted by atomic mass is 10.2. The molecule has 0 saturated carbocycles. The highest BCUT2D eigenvalue weighted by atomic mass is 16.5. The van der Waals surface area contributed by atoms with Crippen LogP contribution in [0.25, 0.3) is 0 Å². The van der Waals surface area contributed by atoms with Crippen molar-refractivity contribution in [2.75, 3.05) is 26.7 Å². The zero-order valence-electron chi connectivity index (χ0n) is 11.6. The lowest BCUT2D eigenvalue weighted by Crippen LogP contribution is -2.45. The molecule has 20 heavy (non-hydrogen) atoms. The van der Waals surface area contributed by atoms with Gasteiger partial charge in [-0.2, -0.15) is 0 Å². The molecule has 0 bridgehead atoms. The van der Waals surface area contributed by atoms with Gasteiger partial charge in [-0.3, -0.25) is 9.79 Å². The van der Waals surface area contributed by atoms with Crippen molar-refractivity contribution in [1.29, 1.82) is 0 Å². The fourth-order valence-electron chi connectivity index (χ4n) is 1.82. The minimum Gasteiger partial charge on any atom is -0.497 e. The summed E-state index contributed by atoms with van der Waals surface area (Å²) in [6.07, 6.45) is 1.04. The van der Waals surface area contributed by atoms with Crippen molar-refractivity contribution in [1.82, 2.24) is 16.0 Å². The van der Waals surface area contributed by atoms with E-state index in [4.69, 9.17) is 4.74 Å². The van der Waals surface area contributed by atoms with Gasteiger partial charge in [-0.25, -0.2) is 0 Å². The number of ether oxygens (including phenoxy) is 1. The van der Waals surface area contributed by atoms with Gasteiger partial charge in [-0.15, -0.1) is 0 Å². The summed E-state index contributed by atoms with van der Waals surface area (Å²) in [5.41, 5.74) is 1.03. The molecule has 6 heteroatoms. The second-order valence-corrected chi connectivity index (χ2v) is 4.49. The number of guanidine groups is 1. The zero-order chi connectivity index (χ0) is 14.2. The van der Waals surface area contributed by atoms with E-state index >= 15 is 0 Å². The lowest BCUT2D eigenvalue weighted by Gasteiger charge is -2.15. The third kappa shape index (κ3) is 4.46. The fraction of sp³-hybridized carbons (Fsp3) is 0.429. The molecule has 1 heterocycles. The average molecular weight is 276 g/mol. The third-order valence-corrected chi connectivity index (χ3v) is 2.96. The summed E-state index contributed by atoms with van der Waals surface area (Å²) < 4.78 is 5.08. The van der Waals surface area contributed by atoms with Gasteiger partial charge < -0.3 is 20.7 Å². The number of benzene rings is 1. The van der Waals surface area contributed by atoms with Crippen LogP contribution in [0.3, 0.4) is 0 Å². The SMILES string of the molecule is COc1ccc(CNC(=O)CNC2=NCCCN2)cc1. The molecule has 1 aromatic rings. The molecular formula is C14H20N4O2. The van der Waals surface area contributed by atoms with Crippen LogP contribution in [0.4, 0.5) is 0 Å². The Hall–Kier alpha value is -2.24. The molecular weight excluding hydrogens is 256 g/mol. The highest BCUT2D eigenvalue weighted by molar-refractivity contribution is 5.86. The van der Waals surface area contributed by atoms with Gasteiger partial charge in [0.15, 0.2) is 5.96 Å². The molecule has 0 radical (unpaired) electrons. The largest absolute Gasteiger partial charge is 0.497 e. The Labute approximate surface area is 118 Å². The highest BCUT2D eigenvalue weighted by Gasteiger charge is 2.06. The van der Waals surface area contributed by atoms with Crippen molar-refractivity contribution >= 4 is 11.9 Å². The number of nitrogens with zero attached hydrogens (tertiary/aromatic N) is 1. The number of carbonyl (C=O) groups is 1. The standard InChI is InChI=1S/C14H20N4O2/c1-20-12-5-3-11(4-6-12)9-17-13(19)10-18-14-15-7-2-8-16-14/h3-6H,2,7-10H2,1H3,(H,17,19)(H2,15,16,18). The van der Waals surface area contributed by atoms with E-state index in [0.29, 0.717) is 12.5 Å². The van der Waals surface area contributed by atoms with Crippen molar-refractivity contribution in [3.63, 3.8) is 0 Å². The van der Waals surface area contributed by atoms with Gasteiger partial charge in [-0.05, 0) is 24.1 Å². The zero-order valence-corrected chi connectivity index (χ0v) is 11.6. The van der Waals surface area contributed by atoms with Crippen LogP contribution in [0.1, 0.15) is 12.0 Å². The van der Waals surface area contributed by atoms with Crippen molar-refractivity contribution in [2.24, 2.45) is 4.99 Å². The Morgan fingerprint density at radius 2 is 2.20 bits per heavy atom. The van der Waals surface area contributed by atoms with Gasteiger partial charge in [0, 0.05) is 19.6 Å². The second kappa shape index (κ2) is 7.37. The van der Waals surface area contributed by atoms with Gasteiger partial charge in [0.05, 0.1) is 13.7 Å². The summed E-state index contributed by atoms with van der Waals surface area (Å²) >= 11 is 0. The molecule has 0 spiro atoms.